The number of carboxylic acids is 1. The minimum atomic E-state index is -0.903. The van der Waals surface area contributed by atoms with Crippen LogP contribution >= 0.6 is 0 Å². The molecule has 1 saturated heterocycles. The molecule has 1 aliphatic rings. The Morgan fingerprint density at radius 1 is 1.13 bits per heavy atom. The SMILES string of the molecule is CCCCCCCOC1(CC(=O)O)CN(C(=O)OC(C)(C)C)C1. The van der Waals surface area contributed by atoms with Gasteiger partial charge in [-0.2, -0.15) is 0 Å². The third-order valence-corrected chi connectivity index (χ3v) is 3.74. The van der Waals surface area contributed by atoms with Crippen molar-refractivity contribution in [3.05, 3.63) is 0 Å². The molecule has 6 heteroatoms. The quantitative estimate of drug-likeness (QED) is 0.656. The molecule has 0 saturated carbocycles. The summed E-state index contributed by atoms with van der Waals surface area (Å²) in [6, 6.07) is 0. The summed E-state index contributed by atoms with van der Waals surface area (Å²) >= 11 is 0. The molecule has 0 spiro atoms. The molecule has 134 valence electrons. The van der Waals surface area contributed by atoms with Crippen molar-refractivity contribution >= 4 is 12.1 Å². The molecule has 0 atom stereocenters. The zero-order valence-corrected chi connectivity index (χ0v) is 14.9. The molecule has 6 nitrogen and oxygen atoms in total. The molecule has 1 rings (SSSR count). The van der Waals surface area contributed by atoms with Gasteiger partial charge in [0.15, 0.2) is 0 Å². The Labute approximate surface area is 139 Å². The van der Waals surface area contributed by atoms with Crippen molar-refractivity contribution in [2.75, 3.05) is 19.7 Å². The third kappa shape index (κ3) is 7.20. The fourth-order valence-electron chi connectivity index (χ4n) is 2.63. The van der Waals surface area contributed by atoms with Crippen LogP contribution in [0.5, 0.6) is 0 Å². The monoisotopic (exact) mass is 329 g/mol. The van der Waals surface area contributed by atoms with E-state index in [0.717, 1.165) is 12.8 Å². The number of likely N-dealkylation sites (tertiary alicyclic amines) is 1. The summed E-state index contributed by atoms with van der Waals surface area (Å²) in [5.74, 6) is -0.903. The molecule has 0 aliphatic carbocycles. The standard InChI is InChI=1S/C17H31NO5/c1-5-6-7-8-9-10-22-17(11-14(19)20)12-18(13-17)15(21)23-16(2,3)4/h5-13H2,1-4H3,(H,19,20). The number of unbranched alkanes of at least 4 members (excludes halogenated alkanes) is 4. The van der Waals surface area contributed by atoms with Crippen LogP contribution in [0.4, 0.5) is 4.79 Å². The summed E-state index contributed by atoms with van der Waals surface area (Å²) < 4.78 is 11.1. The molecule has 0 aromatic carbocycles. The highest BCUT2D eigenvalue weighted by Crippen LogP contribution is 2.30. The molecule has 1 heterocycles. The number of carbonyl (C=O) groups is 2. The Morgan fingerprint density at radius 3 is 2.26 bits per heavy atom. The van der Waals surface area contributed by atoms with Crippen LogP contribution < -0.4 is 0 Å². The normalized spacial score (nSPS) is 16.8. The molecule has 0 aromatic heterocycles. The van der Waals surface area contributed by atoms with Crippen LogP contribution in [0.3, 0.4) is 0 Å². The lowest BCUT2D eigenvalue weighted by Gasteiger charge is -2.48. The van der Waals surface area contributed by atoms with Crippen LogP contribution in [0.1, 0.15) is 66.2 Å². The van der Waals surface area contributed by atoms with Gasteiger partial charge in [0.25, 0.3) is 0 Å². The lowest BCUT2D eigenvalue weighted by Crippen LogP contribution is -2.66. The molecule has 0 aromatic rings. The van der Waals surface area contributed by atoms with E-state index < -0.39 is 23.3 Å². The van der Waals surface area contributed by atoms with Crippen LogP contribution in [0, 0.1) is 0 Å². The van der Waals surface area contributed by atoms with Crippen molar-refractivity contribution < 1.29 is 24.2 Å². The largest absolute Gasteiger partial charge is 0.481 e. The molecule has 0 unspecified atom stereocenters. The molecule has 0 bridgehead atoms. The van der Waals surface area contributed by atoms with E-state index in [4.69, 9.17) is 14.6 Å². The predicted octanol–water partition coefficient (Wildman–Crippen LogP) is 3.44. The van der Waals surface area contributed by atoms with E-state index in [2.05, 4.69) is 6.92 Å². The van der Waals surface area contributed by atoms with E-state index in [1.807, 2.05) is 20.8 Å². The molecule has 23 heavy (non-hydrogen) atoms. The van der Waals surface area contributed by atoms with Crippen molar-refractivity contribution in [3.8, 4) is 0 Å². The number of nitrogens with zero attached hydrogens (tertiary/aromatic N) is 1. The van der Waals surface area contributed by atoms with Gasteiger partial charge in [0, 0.05) is 6.61 Å². The molecule has 0 radical (unpaired) electrons. The van der Waals surface area contributed by atoms with Gasteiger partial charge in [0.1, 0.15) is 11.2 Å². The maximum absolute atomic E-state index is 12.0. The van der Waals surface area contributed by atoms with E-state index >= 15 is 0 Å². The van der Waals surface area contributed by atoms with E-state index in [1.54, 1.807) is 0 Å². The van der Waals surface area contributed by atoms with Gasteiger partial charge in [0.05, 0.1) is 19.5 Å². The second-order valence-corrected chi connectivity index (χ2v) is 7.35. The average Bonchev–Trinajstić information content (AvgIpc) is 2.36. The molecular formula is C17H31NO5. The lowest BCUT2D eigenvalue weighted by molar-refractivity contribution is -0.166. The minimum Gasteiger partial charge on any atom is -0.481 e. The number of amides is 1. The van der Waals surface area contributed by atoms with Gasteiger partial charge in [-0.15, -0.1) is 0 Å². The first-order valence-corrected chi connectivity index (χ1v) is 8.51. The minimum absolute atomic E-state index is 0.0821. The van der Waals surface area contributed by atoms with Gasteiger partial charge in [-0.05, 0) is 27.2 Å². The summed E-state index contributed by atoms with van der Waals surface area (Å²) in [4.78, 5) is 24.5. The summed E-state index contributed by atoms with van der Waals surface area (Å²) in [7, 11) is 0. The van der Waals surface area contributed by atoms with Crippen molar-refractivity contribution in [1.82, 2.24) is 4.90 Å². The van der Waals surface area contributed by atoms with Crippen LogP contribution in [-0.4, -0.2) is 53.0 Å². The van der Waals surface area contributed by atoms with Crippen LogP contribution in [0.15, 0.2) is 0 Å². The van der Waals surface area contributed by atoms with E-state index in [1.165, 1.54) is 24.2 Å². The highest BCUT2D eigenvalue weighted by atomic mass is 16.6. The van der Waals surface area contributed by atoms with E-state index in [0.29, 0.717) is 6.61 Å². The first-order valence-electron chi connectivity index (χ1n) is 8.51. The smallest absolute Gasteiger partial charge is 0.410 e. The van der Waals surface area contributed by atoms with Gasteiger partial charge in [-0.25, -0.2) is 4.79 Å². The van der Waals surface area contributed by atoms with Crippen LogP contribution in [0.2, 0.25) is 0 Å². The summed E-state index contributed by atoms with van der Waals surface area (Å²) in [6.45, 7) is 8.69. The second-order valence-electron chi connectivity index (χ2n) is 7.35. The molecule has 1 N–H and O–H groups in total. The Hall–Kier alpha value is -1.30. The Morgan fingerprint density at radius 2 is 1.74 bits per heavy atom. The number of carboxylic acid groups (broad SMARTS) is 1. The van der Waals surface area contributed by atoms with E-state index in [9.17, 15) is 9.59 Å². The van der Waals surface area contributed by atoms with Gasteiger partial charge in [-0.3, -0.25) is 4.79 Å². The van der Waals surface area contributed by atoms with Gasteiger partial charge in [0.2, 0.25) is 0 Å². The van der Waals surface area contributed by atoms with Gasteiger partial charge >= 0.3 is 12.1 Å². The second kappa shape index (κ2) is 8.52. The highest BCUT2D eigenvalue weighted by molar-refractivity contribution is 5.72. The highest BCUT2D eigenvalue weighted by Gasteiger charge is 2.49. The van der Waals surface area contributed by atoms with Crippen molar-refractivity contribution in [3.63, 3.8) is 0 Å². The zero-order valence-electron chi connectivity index (χ0n) is 14.9. The zero-order chi connectivity index (χ0) is 17.5. The number of carbonyl (C=O) groups excluding carboxylic acids is 1. The van der Waals surface area contributed by atoms with Crippen LogP contribution in [0.25, 0.3) is 0 Å². The fraction of sp³-hybridized carbons (Fsp3) is 0.882. The fourth-order valence-corrected chi connectivity index (χ4v) is 2.63. The Kier molecular flexibility index (Phi) is 7.32. The Balaban J connectivity index is 2.40. The summed E-state index contributed by atoms with van der Waals surface area (Å²) in [6.07, 6.45) is 5.10. The summed E-state index contributed by atoms with van der Waals surface area (Å²) in [5.41, 5.74) is -1.31. The van der Waals surface area contributed by atoms with Gasteiger partial charge < -0.3 is 19.5 Å². The number of hydrogen-bond donors (Lipinski definition) is 1. The maximum atomic E-state index is 12.0. The van der Waals surface area contributed by atoms with E-state index in [-0.39, 0.29) is 19.5 Å². The first kappa shape index (κ1) is 19.7. The Bertz CT molecular complexity index is 396. The maximum Gasteiger partial charge on any atom is 0.410 e. The number of hydrogen-bond acceptors (Lipinski definition) is 4. The average molecular weight is 329 g/mol. The number of aliphatic carboxylic acids is 1. The molecule has 1 fully saturated rings. The van der Waals surface area contributed by atoms with Crippen molar-refractivity contribution in [2.24, 2.45) is 0 Å². The van der Waals surface area contributed by atoms with Crippen molar-refractivity contribution in [1.29, 1.82) is 0 Å². The number of ether oxygens (including phenoxy) is 2. The summed E-state index contributed by atoms with van der Waals surface area (Å²) in [5, 5.41) is 9.08. The number of rotatable bonds is 9. The van der Waals surface area contributed by atoms with Crippen LogP contribution in [-0.2, 0) is 14.3 Å². The lowest BCUT2D eigenvalue weighted by atomic mass is 9.90. The topological polar surface area (TPSA) is 76.1 Å². The molecular weight excluding hydrogens is 298 g/mol. The predicted molar refractivity (Wildman–Crippen MR) is 87.5 cm³/mol. The third-order valence-electron chi connectivity index (χ3n) is 3.74. The molecule has 1 amide bonds. The van der Waals surface area contributed by atoms with Gasteiger partial charge in [-0.1, -0.05) is 32.6 Å². The van der Waals surface area contributed by atoms with Crippen molar-refractivity contribution in [2.45, 2.75) is 77.4 Å². The first-order chi connectivity index (χ1) is 10.7. The molecule has 1 aliphatic heterocycles.